The lowest BCUT2D eigenvalue weighted by Crippen LogP contribution is -2.35. The molecule has 7 heteroatoms. The van der Waals surface area contributed by atoms with Crippen molar-refractivity contribution in [1.82, 2.24) is 5.32 Å². The predicted octanol–water partition coefficient (Wildman–Crippen LogP) is 4.17. The third-order valence-electron chi connectivity index (χ3n) is 4.70. The molecule has 132 valence electrons. The summed E-state index contributed by atoms with van der Waals surface area (Å²) >= 11 is 0. The molecule has 0 bridgehead atoms. The standard InChI is InChI=1S/C18H18F3N3O/c1-2-3-9-17(23-24-17)10-8-15(25)22-16(11-12-16)13-4-6-14(7-5-13)18(19,20)21/h1,4-7H,3,8-12H2,(H,22,25). The van der Waals surface area contributed by atoms with Crippen molar-refractivity contribution in [1.29, 1.82) is 0 Å². The molecule has 1 N–H and O–H groups in total. The molecule has 3 rings (SSSR count). The van der Waals surface area contributed by atoms with Crippen molar-refractivity contribution in [2.45, 2.75) is 55.9 Å². The Bertz CT molecular complexity index is 721. The fraction of sp³-hybridized carbons (Fsp3) is 0.500. The van der Waals surface area contributed by atoms with Crippen LogP contribution >= 0.6 is 0 Å². The van der Waals surface area contributed by atoms with E-state index in [4.69, 9.17) is 6.42 Å². The Balaban J connectivity index is 1.55. The minimum absolute atomic E-state index is 0.144. The zero-order chi connectivity index (χ0) is 18.1. The molecule has 1 amide bonds. The molecule has 1 aromatic rings. The summed E-state index contributed by atoms with van der Waals surface area (Å²) in [6.45, 7) is 0. The van der Waals surface area contributed by atoms with Gasteiger partial charge in [0.15, 0.2) is 5.66 Å². The van der Waals surface area contributed by atoms with E-state index in [1.165, 1.54) is 12.1 Å². The van der Waals surface area contributed by atoms with E-state index in [0.29, 0.717) is 24.8 Å². The highest BCUT2D eigenvalue weighted by atomic mass is 19.4. The number of benzene rings is 1. The largest absolute Gasteiger partial charge is 0.416 e. The molecular formula is C18H18F3N3O. The number of halogens is 3. The first-order chi connectivity index (χ1) is 11.8. The molecule has 0 unspecified atom stereocenters. The Morgan fingerprint density at radius 3 is 2.32 bits per heavy atom. The highest BCUT2D eigenvalue weighted by Crippen LogP contribution is 2.46. The maximum atomic E-state index is 12.6. The number of alkyl halides is 3. The fourth-order valence-electron chi connectivity index (χ4n) is 2.90. The summed E-state index contributed by atoms with van der Waals surface area (Å²) in [6.07, 6.45) is 4.28. The highest BCUT2D eigenvalue weighted by Gasteiger charge is 2.46. The number of hydrogen-bond donors (Lipinski definition) is 1. The second kappa shape index (κ2) is 6.17. The minimum atomic E-state index is -4.36. The fourth-order valence-corrected chi connectivity index (χ4v) is 2.90. The third-order valence-corrected chi connectivity index (χ3v) is 4.70. The summed E-state index contributed by atoms with van der Waals surface area (Å²) in [5.41, 5.74) is -1.03. The van der Waals surface area contributed by atoms with Crippen LogP contribution in [0.5, 0.6) is 0 Å². The van der Waals surface area contributed by atoms with Gasteiger partial charge in [0.05, 0.1) is 11.1 Å². The van der Waals surface area contributed by atoms with Crippen LogP contribution in [0.25, 0.3) is 0 Å². The van der Waals surface area contributed by atoms with Crippen LogP contribution in [0.2, 0.25) is 0 Å². The van der Waals surface area contributed by atoms with Gasteiger partial charge in [-0.15, -0.1) is 12.3 Å². The molecule has 1 aliphatic carbocycles. The molecule has 0 aromatic heterocycles. The molecule has 0 atom stereocenters. The Hall–Kier alpha value is -2.36. The first kappa shape index (κ1) is 17.5. The van der Waals surface area contributed by atoms with Gasteiger partial charge < -0.3 is 5.32 Å². The van der Waals surface area contributed by atoms with E-state index >= 15 is 0 Å². The number of carbonyl (C=O) groups is 1. The molecule has 1 heterocycles. The van der Waals surface area contributed by atoms with E-state index in [0.717, 1.165) is 25.0 Å². The van der Waals surface area contributed by atoms with Crippen LogP contribution in [0.15, 0.2) is 34.5 Å². The summed E-state index contributed by atoms with van der Waals surface area (Å²) in [6, 6.07) is 4.99. The van der Waals surface area contributed by atoms with E-state index in [9.17, 15) is 18.0 Å². The van der Waals surface area contributed by atoms with E-state index in [-0.39, 0.29) is 12.3 Å². The molecule has 2 aliphatic rings. The molecule has 0 saturated heterocycles. The zero-order valence-corrected chi connectivity index (χ0v) is 13.6. The molecule has 1 aliphatic heterocycles. The van der Waals surface area contributed by atoms with E-state index in [1.54, 1.807) is 0 Å². The van der Waals surface area contributed by atoms with Gasteiger partial charge in [-0.25, -0.2) is 0 Å². The lowest BCUT2D eigenvalue weighted by atomic mass is 10.00. The van der Waals surface area contributed by atoms with Crippen LogP contribution in [-0.2, 0) is 16.5 Å². The van der Waals surface area contributed by atoms with Crippen LogP contribution in [0.4, 0.5) is 13.2 Å². The van der Waals surface area contributed by atoms with E-state index in [2.05, 4.69) is 21.5 Å². The maximum absolute atomic E-state index is 12.6. The zero-order valence-electron chi connectivity index (χ0n) is 13.6. The number of rotatable bonds is 7. The number of carbonyl (C=O) groups excluding carboxylic acids is 1. The van der Waals surface area contributed by atoms with Gasteiger partial charge in [0.25, 0.3) is 0 Å². The van der Waals surface area contributed by atoms with Gasteiger partial charge in [0, 0.05) is 25.7 Å². The minimum Gasteiger partial charge on any atom is -0.347 e. The quantitative estimate of drug-likeness (QED) is 0.738. The average molecular weight is 349 g/mol. The second-order valence-corrected chi connectivity index (χ2v) is 6.59. The van der Waals surface area contributed by atoms with Crippen LogP contribution in [0.1, 0.15) is 49.7 Å². The topological polar surface area (TPSA) is 53.8 Å². The number of nitrogens with zero attached hydrogens (tertiary/aromatic N) is 2. The van der Waals surface area contributed by atoms with Crippen molar-refractivity contribution in [3.63, 3.8) is 0 Å². The van der Waals surface area contributed by atoms with Gasteiger partial charge in [-0.1, -0.05) is 12.1 Å². The summed E-state index contributed by atoms with van der Waals surface area (Å²) in [7, 11) is 0. The van der Waals surface area contributed by atoms with Crippen LogP contribution in [0, 0.1) is 12.3 Å². The monoisotopic (exact) mass is 349 g/mol. The summed E-state index contributed by atoms with van der Waals surface area (Å²) in [4.78, 5) is 12.2. The number of nitrogens with one attached hydrogen (secondary N) is 1. The molecule has 1 fully saturated rings. The predicted molar refractivity (Wildman–Crippen MR) is 85.4 cm³/mol. The van der Waals surface area contributed by atoms with Crippen LogP contribution in [-0.4, -0.2) is 11.6 Å². The summed E-state index contributed by atoms with van der Waals surface area (Å²) in [5.74, 6) is 2.39. The molecule has 0 radical (unpaired) electrons. The highest BCUT2D eigenvalue weighted by molar-refractivity contribution is 5.77. The third kappa shape index (κ3) is 4.01. The first-order valence-corrected chi connectivity index (χ1v) is 8.15. The Kier molecular flexibility index (Phi) is 4.31. The van der Waals surface area contributed by atoms with Crippen LogP contribution in [0.3, 0.4) is 0 Å². The van der Waals surface area contributed by atoms with Gasteiger partial charge in [-0.3, -0.25) is 4.79 Å². The molecule has 4 nitrogen and oxygen atoms in total. The summed E-state index contributed by atoms with van der Waals surface area (Å²) in [5, 5.41) is 10.9. The van der Waals surface area contributed by atoms with Crippen molar-refractivity contribution in [2.24, 2.45) is 10.2 Å². The number of terminal acetylenes is 1. The SMILES string of the molecule is C#CCCC1(CCC(=O)NC2(c3ccc(C(F)(F)F)cc3)CC2)N=N1. The van der Waals surface area contributed by atoms with Crippen LogP contribution < -0.4 is 5.32 Å². The van der Waals surface area contributed by atoms with Gasteiger partial charge >= 0.3 is 6.18 Å². The molecule has 1 saturated carbocycles. The maximum Gasteiger partial charge on any atom is 0.416 e. The van der Waals surface area contributed by atoms with Crippen molar-refractivity contribution >= 4 is 5.91 Å². The number of amides is 1. The lowest BCUT2D eigenvalue weighted by molar-refractivity contribution is -0.137. The van der Waals surface area contributed by atoms with Crippen molar-refractivity contribution in [3.05, 3.63) is 35.4 Å². The van der Waals surface area contributed by atoms with Gasteiger partial charge in [0.1, 0.15) is 0 Å². The molecule has 25 heavy (non-hydrogen) atoms. The van der Waals surface area contributed by atoms with E-state index in [1.807, 2.05) is 0 Å². The van der Waals surface area contributed by atoms with Crippen molar-refractivity contribution < 1.29 is 18.0 Å². The normalized spacial score (nSPS) is 19.1. The molecule has 1 aromatic carbocycles. The van der Waals surface area contributed by atoms with Gasteiger partial charge in [-0.2, -0.15) is 23.4 Å². The Morgan fingerprint density at radius 2 is 1.84 bits per heavy atom. The van der Waals surface area contributed by atoms with Crippen molar-refractivity contribution in [2.75, 3.05) is 0 Å². The van der Waals surface area contributed by atoms with Gasteiger partial charge in [-0.05, 0) is 30.5 Å². The lowest BCUT2D eigenvalue weighted by Gasteiger charge is -2.19. The number of hydrogen-bond acceptors (Lipinski definition) is 3. The van der Waals surface area contributed by atoms with E-state index < -0.39 is 22.9 Å². The first-order valence-electron chi connectivity index (χ1n) is 8.15. The van der Waals surface area contributed by atoms with Crippen molar-refractivity contribution in [3.8, 4) is 12.3 Å². The Labute approximate surface area is 143 Å². The summed E-state index contributed by atoms with van der Waals surface area (Å²) < 4.78 is 37.9. The average Bonchev–Trinajstić information content (AvgIpc) is 3.48. The second-order valence-electron chi connectivity index (χ2n) is 6.59. The smallest absolute Gasteiger partial charge is 0.347 e. The molecular weight excluding hydrogens is 331 g/mol. The van der Waals surface area contributed by atoms with Gasteiger partial charge in [0.2, 0.25) is 5.91 Å². The Morgan fingerprint density at radius 1 is 1.20 bits per heavy atom. The molecule has 0 spiro atoms.